The van der Waals surface area contributed by atoms with Gasteiger partial charge >= 0.3 is 14.1 Å². The molecule has 30 heavy (non-hydrogen) atoms. The summed E-state index contributed by atoms with van der Waals surface area (Å²) in [5.41, 5.74) is -0.665. The van der Waals surface area contributed by atoms with Gasteiger partial charge in [0.05, 0.1) is 5.56 Å². The van der Waals surface area contributed by atoms with Gasteiger partial charge in [-0.05, 0) is 60.7 Å². The predicted octanol–water partition coefficient (Wildman–Crippen LogP) is 3.84. The van der Waals surface area contributed by atoms with Gasteiger partial charge in [-0.15, -0.1) is 19.1 Å². The molecule has 0 N–H and O–H groups in total. The van der Waals surface area contributed by atoms with Gasteiger partial charge in [0.25, 0.3) is 0 Å². The second kappa shape index (κ2) is 7.89. The van der Waals surface area contributed by atoms with E-state index in [1.165, 1.54) is 10.9 Å². The number of benzene rings is 1. The lowest BCUT2D eigenvalue weighted by molar-refractivity contribution is -0.136. The first kappa shape index (κ1) is 20.4. The largest absolute Gasteiger partial charge is 0.451 e. The van der Waals surface area contributed by atoms with Crippen molar-refractivity contribution in [1.82, 2.24) is 29.2 Å². The van der Waals surface area contributed by atoms with Crippen LogP contribution < -0.4 is 4.62 Å². The maximum Gasteiger partial charge on any atom is 0.451 e. The van der Waals surface area contributed by atoms with Crippen molar-refractivity contribution in [1.29, 1.82) is 0 Å². The SMILES string of the molecule is FC(F)(F)c1cccc2c1nnn2O[P+](N1CCCC1)(N1CCCC1)N1CCCC1. The third-order valence-corrected chi connectivity index (χ3v) is 10.1. The Bertz CT molecular complexity index is 847. The first-order valence-electron chi connectivity index (χ1n) is 10.8. The third kappa shape index (κ3) is 3.38. The van der Waals surface area contributed by atoms with Gasteiger partial charge in [0.1, 0.15) is 11.0 Å². The van der Waals surface area contributed by atoms with Crippen molar-refractivity contribution in [3.05, 3.63) is 23.8 Å². The monoisotopic (exact) mass is 443 g/mol. The van der Waals surface area contributed by atoms with Crippen LogP contribution in [0, 0.1) is 0 Å². The molecule has 1 aromatic heterocycles. The van der Waals surface area contributed by atoms with Crippen molar-refractivity contribution in [2.45, 2.75) is 44.7 Å². The van der Waals surface area contributed by atoms with E-state index in [1.54, 1.807) is 6.07 Å². The molecular weight excluding hydrogens is 416 g/mol. The standard InChI is InChI=1S/C19H27F3N6OP/c20-19(21,22)16-8-7-9-17-18(16)23-24-28(17)29-30(25-10-1-2-11-25,26-12-3-4-13-26)27-14-5-6-15-27/h7-9H,1-6,10-15H2/q+1. The van der Waals surface area contributed by atoms with E-state index < -0.39 is 19.7 Å². The summed E-state index contributed by atoms with van der Waals surface area (Å²) < 4.78 is 54.5. The Morgan fingerprint density at radius 2 is 1.30 bits per heavy atom. The number of hydrogen-bond acceptors (Lipinski definition) is 6. The van der Waals surface area contributed by atoms with E-state index in [4.69, 9.17) is 4.62 Å². The predicted molar refractivity (Wildman–Crippen MR) is 108 cm³/mol. The normalized spacial score (nSPS) is 22.5. The quantitative estimate of drug-likeness (QED) is 0.655. The molecule has 0 radical (unpaired) electrons. The van der Waals surface area contributed by atoms with E-state index >= 15 is 0 Å². The van der Waals surface area contributed by atoms with Gasteiger partial charge < -0.3 is 0 Å². The minimum atomic E-state index is -4.48. The second-order valence-corrected chi connectivity index (χ2v) is 11.1. The summed E-state index contributed by atoms with van der Waals surface area (Å²) in [5, 5.41) is 7.94. The van der Waals surface area contributed by atoms with E-state index in [0.717, 1.165) is 83.9 Å². The smallest absolute Gasteiger partial charge is 0.183 e. The molecule has 0 saturated carbocycles. The Morgan fingerprint density at radius 1 is 0.800 bits per heavy atom. The highest BCUT2D eigenvalue weighted by Crippen LogP contribution is 2.68. The van der Waals surface area contributed by atoms with Crippen LogP contribution in [-0.4, -0.2) is 68.4 Å². The molecule has 0 bridgehead atoms. The van der Waals surface area contributed by atoms with Crippen LogP contribution in [0.3, 0.4) is 0 Å². The summed E-state index contributed by atoms with van der Waals surface area (Å²) in [6.45, 7) is 5.67. The van der Waals surface area contributed by atoms with Crippen molar-refractivity contribution < 1.29 is 17.8 Å². The van der Waals surface area contributed by atoms with Gasteiger partial charge in [0.15, 0.2) is 0 Å². The fraction of sp³-hybridized carbons (Fsp3) is 0.684. The van der Waals surface area contributed by atoms with Crippen molar-refractivity contribution in [2.75, 3.05) is 39.3 Å². The molecule has 164 valence electrons. The molecule has 7 nitrogen and oxygen atoms in total. The van der Waals surface area contributed by atoms with E-state index in [-0.39, 0.29) is 11.0 Å². The van der Waals surface area contributed by atoms with Crippen molar-refractivity contribution >= 4 is 19.0 Å². The number of rotatable bonds is 5. The van der Waals surface area contributed by atoms with Crippen molar-refractivity contribution in [3.63, 3.8) is 0 Å². The van der Waals surface area contributed by atoms with Crippen molar-refractivity contribution in [2.24, 2.45) is 0 Å². The molecule has 3 aliphatic heterocycles. The van der Waals surface area contributed by atoms with Gasteiger partial charge in [0, 0.05) is 39.3 Å². The summed E-state index contributed by atoms with van der Waals surface area (Å²) in [6.07, 6.45) is 2.20. The fourth-order valence-electron chi connectivity index (χ4n) is 4.89. The minimum absolute atomic E-state index is 0.160. The topological polar surface area (TPSA) is 49.7 Å². The van der Waals surface area contributed by atoms with Crippen molar-refractivity contribution in [3.8, 4) is 0 Å². The number of hydrogen-bond donors (Lipinski definition) is 0. The van der Waals surface area contributed by atoms with Crippen LogP contribution in [0.4, 0.5) is 13.2 Å². The summed E-state index contributed by atoms with van der Waals surface area (Å²) in [5.74, 6) is 0. The van der Waals surface area contributed by atoms with Crippen LogP contribution in [0.5, 0.6) is 0 Å². The summed E-state index contributed by atoms with van der Waals surface area (Å²) in [7, 11) is -2.41. The fourth-order valence-corrected chi connectivity index (χ4v) is 9.01. The van der Waals surface area contributed by atoms with E-state index in [0.29, 0.717) is 0 Å². The van der Waals surface area contributed by atoms with E-state index in [9.17, 15) is 13.2 Å². The molecule has 4 heterocycles. The van der Waals surface area contributed by atoms with E-state index in [2.05, 4.69) is 24.3 Å². The molecule has 0 spiro atoms. The molecule has 0 amide bonds. The number of halogens is 3. The van der Waals surface area contributed by atoms with Crippen LogP contribution in [0.1, 0.15) is 44.1 Å². The Balaban J connectivity index is 1.60. The lowest BCUT2D eigenvalue weighted by Gasteiger charge is -2.39. The van der Waals surface area contributed by atoms with Gasteiger partial charge in [-0.3, -0.25) is 0 Å². The first-order valence-corrected chi connectivity index (χ1v) is 12.3. The lowest BCUT2D eigenvalue weighted by Crippen LogP contribution is -2.47. The maximum atomic E-state index is 13.5. The van der Waals surface area contributed by atoms with Crippen LogP contribution in [0.25, 0.3) is 11.0 Å². The Morgan fingerprint density at radius 3 is 1.77 bits per heavy atom. The zero-order chi connectivity index (χ0) is 20.8. The molecule has 2 aromatic rings. The first-order chi connectivity index (χ1) is 14.5. The number of fused-ring (bicyclic) bond motifs is 1. The molecular formula is C19H27F3N6OP+. The Labute approximate surface area is 174 Å². The molecule has 5 rings (SSSR count). The number of nitrogens with zero attached hydrogens (tertiary/aromatic N) is 6. The second-order valence-electron chi connectivity index (χ2n) is 8.21. The average molecular weight is 443 g/mol. The zero-order valence-electron chi connectivity index (χ0n) is 16.9. The summed E-state index contributed by atoms with van der Waals surface area (Å²) >= 11 is 0. The molecule has 0 atom stereocenters. The maximum absolute atomic E-state index is 13.5. The molecule has 1 aromatic carbocycles. The van der Waals surface area contributed by atoms with Crippen LogP contribution in [0.2, 0.25) is 0 Å². The molecule has 0 unspecified atom stereocenters. The summed E-state index contributed by atoms with van der Waals surface area (Å²) in [6, 6.07) is 4.05. The van der Waals surface area contributed by atoms with Gasteiger partial charge in [-0.2, -0.15) is 17.8 Å². The van der Waals surface area contributed by atoms with Gasteiger partial charge in [0.2, 0.25) is 0 Å². The molecule has 3 fully saturated rings. The average Bonchev–Trinajstić information content (AvgIpc) is 3.53. The number of aromatic nitrogens is 3. The Kier molecular flexibility index (Phi) is 5.37. The highest BCUT2D eigenvalue weighted by atomic mass is 31.2. The van der Waals surface area contributed by atoms with Gasteiger partial charge in [-0.25, -0.2) is 0 Å². The zero-order valence-corrected chi connectivity index (χ0v) is 17.8. The van der Waals surface area contributed by atoms with Crippen LogP contribution in [-0.2, 0) is 6.18 Å². The van der Waals surface area contributed by atoms with E-state index in [1.807, 2.05) is 0 Å². The highest BCUT2D eigenvalue weighted by molar-refractivity contribution is 7.64. The van der Waals surface area contributed by atoms with Gasteiger partial charge in [-0.1, -0.05) is 6.07 Å². The highest BCUT2D eigenvalue weighted by Gasteiger charge is 2.64. The molecule has 3 saturated heterocycles. The van der Waals surface area contributed by atoms with Crippen LogP contribution in [0.15, 0.2) is 18.2 Å². The third-order valence-electron chi connectivity index (χ3n) is 6.29. The Hall–Kier alpha value is -1.48. The molecule has 11 heteroatoms. The summed E-state index contributed by atoms with van der Waals surface area (Å²) in [4.78, 5) is 1.27. The minimum Gasteiger partial charge on any atom is -0.183 e. The molecule has 0 aliphatic carbocycles. The molecule has 3 aliphatic rings. The number of alkyl halides is 3. The lowest BCUT2D eigenvalue weighted by atomic mass is 10.2. The van der Waals surface area contributed by atoms with Crippen LogP contribution >= 0.6 is 7.94 Å².